The highest BCUT2D eigenvalue weighted by Crippen LogP contribution is 2.30. The first kappa shape index (κ1) is 11.4. The molecule has 4 N–H and O–H groups in total. The van der Waals surface area contributed by atoms with Crippen LogP contribution in [0.5, 0.6) is 11.5 Å². The predicted octanol–water partition coefficient (Wildman–Crippen LogP) is 3.80. The molecule has 0 fully saturated rings. The van der Waals surface area contributed by atoms with Gasteiger partial charge in [-0.05, 0) is 41.1 Å². The van der Waals surface area contributed by atoms with E-state index >= 15 is 0 Å². The van der Waals surface area contributed by atoms with Gasteiger partial charge in [0.1, 0.15) is 11.5 Å². The molecule has 3 heteroatoms. The molecule has 0 heterocycles. The number of anilines is 2. The third kappa shape index (κ3) is 2.31. The average molecular weight is 250 g/mol. The van der Waals surface area contributed by atoms with Crippen LogP contribution >= 0.6 is 0 Å². The molecule has 0 amide bonds. The molecule has 3 nitrogen and oxygen atoms in total. The van der Waals surface area contributed by atoms with Crippen molar-refractivity contribution < 1.29 is 4.74 Å². The fraction of sp³-hybridized carbons (Fsp3) is 0. The van der Waals surface area contributed by atoms with Crippen LogP contribution in [-0.4, -0.2) is 0 Å². The van der Waals surface area contributed by atoms with Crippen LogP contribution in [0.3, 0.4) is 0 Å². The zero-order valence-corrected chi connectivity index (χ0v) is 10.3. The Labute approximate surface area is 111 Å². The molecule has 3 aromatic carbocycles. The van der Waals surface area contributed by atoms with Crippen molar-refractivity contribution in [3.63, 3.8) is 0 Å². The molecule has 3 aromatic rings. The van der Waals surface area contributed by atoms with Crippen molar-refractivity contribution in [1.29, 1.82) is 0 Å². The molecule has 94 valence electrons. The Morgan fingerprint density at radius 3 is 2.32 bits per heavy atom. The van der Waals surface area contributed by atoms with Gasteiger partial charge in [0.15, 0.2) is 0 Å². The summed E-state index contributed by atoms with van der Waals surface area (Å²) < 4.78 is 5.79. The van der Waals surface area contributed by atoms with Gasteiger partial charge in [0.2, 0.25) is 0 Å². The second-order valence-corrected chi connectivity index (χ2v) is 4.41. The molecular weight excluding hydrogens is 236 g/mol. The number of rotatable bonds is 2. The fourth-order valence-corrected chi connectivity index (χ4v) is 2.02. The smallest absolute Gasteiger partial charge is 0.150 e. The minimum Gasteiger partial charge on any atom is -0.455 e. The minimum absolute atomic E-state index is 0.535. The van der Waals surface area contributed by atoms with E-state index in [-0.39, 0.29) is 0 Å². The van der Waals surface area contributed by atoms with Crippen molar-refractivity contribution in [2.75, 3.05) is 11.5 Å². The number of fused-ring (bicyclic) bond motifs is 1. The van der Waals surface area contributed by atoms with Crippen LogP contribution in [0.15, 0.2) is 60.7 Å². The van der Waals surface area contributed by atoms with E-state index in [1.54, 1.807) is 18.2 Å². The molecule has 0 bridgehead atoms. The number of nitrogen functional groups attached to an aromatic ring is 2. The van der Waals surface area contributed by atoms with E-state index in [9.17, 15) is 0 Å². The van der Waals surface area contributed by atoms with Crippen LogP contribution in [0.2, 0.25) is 0 Å². The van der Waals surface area contributed by atoms with Gasteiger partial charge < -0.3 is 16.2 Å². The summed E-state index contributed by atoms with van der Waals surface area (Å²) in [5.74, 6) is 1.37. The van der Waals surface area contributed by atoms with Gasteiger partial charge in [-0.1, -0.05) is 30.3 Å². The molecular formula is C16H14N2O. The normalized spacial score (nSPS) is 10.5. The number of benzene rings is 3. The lowest BCUT2D eigenvalue weighted by molar-refractivity contribution is 0.486. The first-order chi connectivity index (χ1) is 9.22. The van der Waals surface area contributed by atoms with E-state index in [1.165, 1.54) is 5.39 Å². The zero-order chi connectivity index (χ0) is 13.2. The van der Waals surface area contributed by atoms with Crippen molar-refractivity contribution in [3.05, 3.63) is 60.7 Å². The van der Waals surface area contributed by atoms with E-state index in [0.29, 0.717) is 17.1 Å². The van der Waals surface area contributed by atoms with Gasteiger partial charge in [0.25, 0.3) is 0 Å². The Balaban J connectivity index is 1.96. The van der Waals surface area contributed by atoms with Gasteiger partial charge in [-0.15, -0.1) is 0 Å². The van der Waals surface area contributed by atoms with Gasteiger partial charge in [0, 0.05) is 5.69 Å². The van der Waals surface area contributed by atoms with Crippen molar-refractivity contribution in [2.24, 2.45) is 0 Å². The number of nitrogens with two attached hydrogens (primary N) is 2. The largest absolute Gasteiger partial charge is 0.455 e. The maximum Gasteiger partial charge on any atom is 0.150 e. The summed E-state index contributed by atoms with van der Waals surface area (Å²) in [6, 6.07) is 19.3. The van der Waals surface area contributed by atoms with Crippen LogP contribution < -0.4 is 16.2 Å². The highest BCUT2D eigenvalue weighted by molar-refractivity contribution is 5.83. The summed E-state index contributed by atoms with van der Waals surface area (Å²) in [6.07, 6.45) is 0. The molecule has 0 aromatic heterocycles. The molecule has 0 saturated heterocycles. The van der Waals surface area contributed by atoms with E-state index in [4.69, 9.17) is 16.2 Å². The fourth-order valence-electron chi connectivity index (χ4n) is 2.02. The second kappa shape index (κ2) is 4.53. The Hall–Kier alpha value is -2.68. The van der Waals surface area contributed by atoms with Crippen LogP contribution in [0.1, 0.15) is 0 Å². The van der Waals surface area contributed by atoms with Crippen molar-refractivity contribution >= 4 is 22.1 Å². The molecule has 0 spiro atoms. The van der Waals surface area contributed by atoms with Crippen molar-refractivity contribution in [3.8, 4) is 11.5 Å². The lowest BCUT2D eigenvalue weighted by Crippen LogP contribution is -1.94. The number of ether oxygens (including phenoxy) is 1. The highest BCUT2D eigenvalue weighted by Gasteiger charge is 2.03. The molecule has 3 rings (SSSR count). The molecule has 0 unspecified atom stereocenters. The Morgan fingerprint density at radius 1 is 0.737 bits per heavy atom. The Morgan fingerprint density at radius 2 is 1.53 bits per heavy atom. The molecule has 0 aliphatic carbocycles. The van der Waals surface area contributed by atoms with Crippen LogP contribution in [0.4, 0.5) is 11.4 Å². The van der Waals surface area contributed by atoms with Gasteiger partial charge in [0.05, 0.1) is 5.69 Å². The lowest BCUT2D eigenvalue weighted by atomic mass is 10.1. The SMILES string of the molecule is Nc1ccc(Oc2ccc3ccccc3c2)c(N)c1. The summed E-state index contributed by atoms with van der Waals surface area (Å²) in [5.41, 5.74) is 12.7. The standard InChI is InChI=1S/C16H14N2O/c17-13-6-8-16(15(18)10-13)19-14-7-5-11-3-1-2-4-12(11)9-14/h1-10H,17-18H2. The summed E-state index contributed by atoms with van der Waals surface area (Å²) in [4.78, 5) is 0. The van der Waals surface area contributed by atoms with E-state index in [2.05, 4.69) is 12.1 Å². The Kier molecular flexibility index (Phi) is 2.72. The molecule has 0 radical (unpaired) electrons. The first-order valence-electron chi connectivity index (χ1n) is 6.04. The summed E-state index contributed by atoms with van der Waals surface area (Å²) in [5, 5.41) is 2.31. The van der Waals surface area contributed by atoms with Crippen LogP contribution in [-0.2, 0) is 0 Å². The second-order valence-electron chi connectivity index (χ2n) is 4.41. The molecule has 0 atom stereocenters. The third-order valence-electron chi connectivity index (χ3n) is 2.98. The van der Waals surface area contributed by atoms with E-state index in [1.807, 2.05) is 30.3 Å². The number of hydrogen-bond donors (Lipinski definition) is 2. The van der Waals surface area contributed by atoms with Crippen LogP contribution in [0.25, 0.3) is 10.8 Å². The third-order valence-corrected chi connectivity index (χ3v) is 2.98. The molecule has 0 aliphatic heterocycles. The molecule has 0 saturated carbocycles. The van der Waals surface area contributed by atoms with E-state index in [0.717, 1.165) is 11.1 Å². The number of hydrogen-bond acceptors (Lipinski definition) is 3. The summed E-state index contributed by atoms with van der Waals surface area (Å²) in [7, 11) is 0. The topological polar surface area (TPSA) is 61.3 Å². The van der Waals surface area contributed by atoms with Gasteiger partial charge in [-0.25, -0.2) is 0 Å². The zero-order valence-electron chi connectivity index (χ0n) is 10.3. The Bertz CT molecular complexity index is 738. The summed E-state index contributed by atoms with van der Waals surface area (Å²) >= 11 is 0. The quantitative estimate of drug-likeness (QED) is 0.680. The predicted molar refractivity (Wildman–Crippen MR) is 79.3 cm³/mol. The average Bonchev–Trinajstić information content (AvgIpc) is 2.42. The molecule has 19 heavy (non-hydrogen) atoms. The lowest BCUT2D eigenvalue weighted by Gasteiger charge is -2.09. The monoisotopic (exact) mass is 250 g/mol. The molecule has 0 aliphatic rings. The summed E-state index contributed by atoms with van der Waals surface area (Å²) in [6.45, 7) is 0. The van der Waals surface area contributed by atoms with Gasteiger partial charge in [-0.3, -0.25) is 0 Å². The minimum atomic E-state index is 0.535. The first-order valence-corrected chi connectivity index (χ1v) is 6.04. The maximum absolute atomic E-state index is 5.88. The van der Waals surface area contributed by atoms with Crippen molar-refractivity contribution in [1.82, 2.24) is 0 Å². The highest BCUT2D eigenvalue weighted by atomic mass is 16.5. The van der Waals surface area contributed by atoms with Crippen molar-refractivity contribution in [2.45, 2.75) is 0 Å². The van der Waals surface area contributed by atoms with Gasteiger partial charge in [-0.2, -0.15) is 0 Å². The van der Waals surface area contributed by atoms with Gasteiger partial charge >= 0.3 is 0 Å². The maximum atomic E-state index is 5.88. The van der Waals surface area contributed by atoms with Crippen LogP contribution in [0, 0.1) is 0 Å². The van der Waals surface area contributed by atoms with E-state index < -0.39 is 0 Å².